The molecule has 0 N–H and O–H groups in total. The average molecular weight is 349 g/mol. The lowest BCUT2D eigenvalue weighted by Crippen LogP contribution is -2.49. The summed E-state index contributed by atoms with van der Waals surface area (Å²) in [5.41, 5.74) is 0.633. The van der Waals surface area contributed by atoms with Crippen LogP contribution in [0.25, 0.3) is 0 Å². The number of rotatable bonds is 4. The molecule has 7 heteroatoms. The molecule has 1 aromatic heterocycles. The van der Waals surface area contributed by atoms with Gasteiger partial charge in [0.05, 0.1) is 6.04 Å². The number of carbonyl (C=O) groups is 1. The maximum Gasteiger partial charge on any atom is 0.253 e. The number of aryl methyl sites for hydroxylation is 1. The second-order valence-corrected chi connectivity index (χ2v) is 6.34. The lowest BCUT2D eigenvalue weighted by molar-refractivity contribution is 0.0557. The van der Waals surface area contributed by atoms with E-state index in [1.807, 2.05) is 11.8 Å². The van der Waals surface area contributed by atoms with Crippen LogP contribution in [-0.4, -0.2) is 52.1 Å². The highest BCUT2D eigenvalue weighted by atomic mass is 35.5. The molecular formula is C17H21ClN4O2. The lowest BCUT2D eigenvalue weighted by atomic mass is 10.1. The minimum Gasteiger partial charge on any atom is -0.424 e. The Labute approximate surface area is 146 Å². The van der Waals surface area contributed by atoms with Crippen molar-refractivity contribution in [2.75, 3.05) is 26.2 Å². The second kappa shape index (κ2) is 7.32. The number of aromatic nitrogens is 2. The molecule has 2 aromatic rings. The first kappa shape index (κ1) is 16.9. The third-order valence-corrected chi connectivity index (χ3v) is 4.60. The Morgan fingerprint density at radius 1 is 1.29 bits per heavy atom. The van der Waals surface area contributed by atoms with Crippen LogP contribution >= 0.6 is 11.6 Å². The van der Waals surface area contributed by atoms with Gasteiger partial charge in [-0.3, -0.25) is 9.69 Å². The van der Waals surface area contributed by atoms with Gasteiger partial charge in [0.1, 0.15) is 0 Å². The molecule has 1 fully saturated rings. The molecule has 0 aliphatic carbocycles. The molecule has 24 heavy (non-hydrogen) atoms. The van der Waals surface area contributed by atoms with Gasteiger partial charge in [0, 0.05) is 43.2 Å². The Hall–Kier alpha value is -1.92. The van der Waals surface area contributed by atoms with Crippen LogP contribution in [0.1, 0.15) is 42.0 Å². The summed E-state index contributed by atoms with van der Waals surface area (Å²) in [7, 11) is 0. The molecule has 1 saturated heterocycles. The van der Waals surface area contributed by atoms with E-state index in [0.717, 1.165) is 19.5 Å². The number of hydrogen-bond acceptors (Lipinski definition) is 5. The molecule has 1 amide bonds. The van der Waals surface area contributed by atoms with Crippen molar-refractivity contribution in [2.45, 2.75) is 26.3 Å². The zero-order valence-corrected chi connectivity index (χ0v) is 14.7. The number of amides is 1. The molecule has 1 aromatic carbocycles. The standard InChI is InChI=1S/C17H21ClN4O2/c1-3-15-19-20-16(24-15)12(2)21-7-9-22(10-8-21)17(23)13-5-4-6-14(18)11-13/h4-6,11-12H,3,7-10H2,1-2H3/t12-/m1/s1. The first-order valence-electron chi connectivity index (χ1n) is 8.19. The molecule has 1 aliphatic rings. The molecule has 0 saturated carbocycles. The summed E-state index contributed by atoms with van der Waals surface area (Å²) in [6, 6.07) is 7.14. The summed E-state index contributed by atoms with van der Waals surface area (Å²) in [6.07, 6.45) is 0.738. The SMILES string of the molecule is CCc1nnc([C@@H](C)N2CCN(C(=O)c3cccc(Cl)c3)CC2)o1. The molecule has 6 nitrogen and oxygen atoms in total. The van der Waals surface area contributed by atoms with Gasteiger partial charge in [-0.1, -0.05) is 24.6 Å². The van der Waals surface area contributed by atoms with Crippen LogP contribution < -0.4 is 0 Å². The van der Waals surface area contributed by atoms with Crippen LogP contribution in [0.3, 0.4) is 0 Å². The molecule has 1 atom stereocenters. The first-order valence-corrected chi connectivity index (χ1v) is 8.57. The average Bonchev–Trinajstić information content (AvgIpc) is 3.10. The molecule has 0 spiro atoms. The maximum absolute atomic E-state index is 12.5. The number of halogens is 1. The number of nitrogens with zero attached hydrogens (tertiary/aromatic N) is 4. The normalized spacial score (nSPS) is 17.0. The fraction of sp³-hybridized carbons (Fsp3) is 0.471. The van der Waals surface area contributed by atoms with Gasteiger partial charge in [0.2, 0.25) is 11.8 Å². The van der Waals surface area contributed by atoms with Crippen molar-refractivity contribution >= 4 is 17.5 Å². The molecule has 0 unspecified atom stereocenters. The summed E-state index contributed by atoms with van der Waals surface area (Å²) >= 11 is 5.97. The van der Waals surface area contributed by atoms with Gasteiger partial charge in [-0.25, -0.2) is 0 Å². The first-order chi connectivity index (χ1) is 11.6. The predicted octanol–water partition coefficient (Wildman–Crippen LogP) is 2.80. The topological polar surface area (TPSA) is 62.5 Å². The van der Waals surface area contributed by atoms with E-state index >= 15 is 0 Å². The van der Waals surface area contributed by atoms with Crippen molar-refractivity contribution in [1.29, 1.82) is 0 Å². The number of benzene rings is 1. The van der Waals surface area contributed by atoms with Crippen LogP contribution in [0.4, 0.5) is 0 Å². The molecule has 0 radical (unpaired) electrons. The van der Waals surface area contributed by atoms with Gasteiger partial charge >= 0.3 is 0 Å². The number of piperazine rings is 1. The van der Waals surface area contributed by atoms with E-state index in [0.29, 0.717) is 35.5 Å². The van der Waals surface area contributed by atoms with Crippen molar-refractivity contribution in [2.24, 2.45) is 0 Å². The molecule has 2 heterocycles. The Morgan fingerprint density at radius 2 is 2.04 bits per heavy atom. The van der Waals surface area contributed by atoms with Gasteiger partial charge in [0.25, 0.3) is 5.91 Å². The van der Waals surface area contributed by atoms with Crippen LogP contribution in [0, 0.1) is 0 Å². The Bertz CT molecular complexity index is 710. The van der Waals surface area contributed by atoms with E-state index in [-0.39, 0.29) is 11.9 Å². The summed E-state index contributed by atoms with van der Waals surface area (Å²) in [5, 5.41) is 8.72. The molecule has 3 rings (SSSR count). The highest BCUT2D eigenvalue weighted by Crippen LogP contribution is 2.21. The van der Waals surface area contributed by atoms with Crippen LogP contribution in [-0.2, 0) is 6.42 Å². The van der Waals surface area contributed by atoms with E-state index in [9.17, 15) is 4.79 Å². The van der Waals surface area contributed by atoms with Crippen LogP contribution in [0.15, 0.2) is 28.7 Å². The molecular weight excluding hydrogens is 328 g/mol. The second-order valence-electron chi connectivity index (χ2n) is 5.90. The fourth-order valence-corrected chi connectivity index (χ4v) is 3.04. The zero-order valence-electron chi connectivity index (χ0n) is 13.9. The van der Waals surface area contributed by atoms with E-state index in [1.165, 1.54) is 0 Å². The summed E-state index contributed by atoms with van der Waals surface area (Å²) < 4.78 is 5.65. The van der Waals surface area contributed by atoms with E-state index in [4.69, 9.17) is 16.0 Å². The minimum atomic E-state index is 0.0239. The summed E-state index contributed by atoms with van der Waals surface area (Å²) in [5.74, 6) is 1.32. The summed E-state index contributed by atoms with van der Waals surface area (Å²) in [6.45, 7) is 6.94. The van der Waals surface area contributed by atoms with E-state index in [2.05, 4.69) is 22.0 Å². The largest absolute Gasteiger partial charge is 0.424 e. The van der Waals surface area contributed by atoms with Crippen LogP contribution in [0.2, 0.25) is 5.02 Å². The highest BCUT2D eigenvalue weighted by molar-refractivity contribution is 6.30. The zero-order chi connectivity index (χ0) is 17.1. The van der Waals surface area contributed by atoms with Crippen LogP contribution in [0.5, 0.6) is 0 Å². The minimum absolute atomic E-state index is 0.0239. The fourth-order valence-electron chi connectivity index (χ4n) is 2.85. The van der Waals surface area contributed by atoms with Crippen molar-refractivity contribution < 1.29 is 9.21 Å². The molecule has 0 bridgehead atoms. The Morgan fingerprint density at radius 3 is 2.67 bits per heavy atom. The quantitative estimate of drug-likeness (QED) is 0.850. The third kappa shape index (κ3) is 3.60. The van der Waals surface area contributed by atoms with Crippen molar-refractivity contribution in [3.63, 3.8) is 0 Å². The maximum atomic E-state index is 12.5. The molecule has 1 aliphatic heterocycles. The number of hydrogen-bond donors (Lipinski definition) is 0. The van der Waals surface area contributed by atoms with Gasteiger partial charge in [-0.05, 0) is 25.1 Å². The molecule has 128 valence electrons. The monoisotopic (exact) mass is 348 g/mol. The van der Waals surface area contributed by atoms with Gasteiger partial charge in [0.15, 0.2) is 0 Å². The van der Waals surface area contributed by atoms with Crippen molar-refractivity contribution in [3.05, 3.63) is 46.6 Å². The van der Waals surface area contributed by atoms with Gasteiger partial charge < -0.3 is 9.32 Å². The third-order valence-electron chi connectivity index (χ3n) is 4.36. The highest BCUT2D eigenvalue weighted by Gasteiger charge is 2.27. The smallest absolute Gasteiger partial charge is 0.253 e. The van der Waals surface area contributed by atoms with Crippen molar-refractivity contribution in [1.82, 2.24) is 20.0 Å². The summed E-state index contributed by atoms with van der Waals surface area (Å²) in [4.78, 5) is 16.7. The van der Waals surface area contributed by atoms with E-state index in [1.54, 1.807) is 24.3 Å². The van der Waals surface area contributed by atoms with Crippen molar-refractivity contribution in [3.8, 4) is 0 Å². The Balaban J connectivity index is 1.60. The lowest BCUT2D eigenvalue weighted by Gasteiger charge is -2.36. The van der Waals surface area contributed by atoms with Gasteiger partial charge in [-0.2, -0.15) is 0 Å². The Kier molecular flexibility index (Phi) is 5.16. The van der Waals surface area contributed by atoms with Gasteiger partial charge in [-0.15, -0.1) is 10.2 Å². The van der Waals surface area contributed by atoms with E-state index < -0.39 is 0 Å². The predicted molar refractivity (Wildman–Crippen MR) is 91.0 cm³/mol. The number of carbonyl (C=O) groups excluding carboxylic acids is 1.